The maximum Gasteiger partial charge on any atom is 0.130 e. The Hall–Kier alpha value is -2.29. The normalized spacial score (nSPS) is 9.71. The zero-order valence-electron chi connectivity index (χ0n) is 9.19. The standard InChI is InChI=1S/C14H12FNO/c1-2-16-12-6-8-13(9-7-12)17-14-5-3-4-11(15)10-14/h2-10,16H,1H2. The molecule has 2 aromatic carbocycles. The van der Waals surface area contributed by atoms with Crippen LogP contribution in [0.2, 0.25) is 0 Å². The van der Waals surface area contributed by atoms with Crippen molar-refractivity contribution in [3.05, 3.63) is 67.1 Å². The summed E-state index contributed by atoms with van der Waals surface area (Å²) in [6, 6.07) is 13.4. The van der Waals surface area contributed by atoms with E-state index in [-0.39, 0.29) is 5.82 Å². The van der Waals surface area contributed by atoms with E-state index < -0.39 is 0 Å². The third kappa shape index (κ3) is 3.08. The fourth-order valence-corrected chi connectivity index (χ4v) is 1.40. The number of ether oxygens (including phenoxy) is 1. The van der Waals surface area contributed by atoms with Crippen LogP contribution < -0.4 is 10.1 Å². The predicted molar refractivity (Wildman–Crippen MR) is 66.7 cm³/mol. The van der Waals surface area contributed by atoms with E-state index in [4.69, 9.17) is 4.74 Å². The van der Waals surface area contributed by atoms with Crippen LogP contribution in [0.25, 0.3) is 0 Å². The zero-order chi connectivity index (χ0) is 12.1. The van der Waals surface area contributed by atoms with Crippen LogP contribution in [0.3, 0.4) is 0 Å². The van der Waals surface area contributed by atoms with Gasteiger partial charge in [0.15, 0.2) is 0 Å². The van der Waals surface area contributed by atoms with Crippen LogP contribution in [0.4, 0.5) is 10.1 Å². The molecule has 0 aliphatic carbocycles. The topological polar surface area (TPSA) is 21.3 Å². The summed E-state index contributed by atoms with van der Waals surface area (Å²) >= 11 is 0. The summed E-state index contributed by atoms with van der Waals surface area (Å²) in [5, 5.41) is 2.96. The largest absolute Gasteiger partial charge is 0.457 e. The number of anilines is 1. The molecule has 0 atom stereocenters. The van der Waals surface area contributed by atoms with Gasteiger partial charge in [0.25, 0.3) is 0 Å². The summed E-state index contributed by atoms with van der Waals surface area (Å²) in [7, 11) is 0. The van der Waals surface area contributed by atoms with Crippen LogP contribution in [0.5, 0.6) is 11.5 Å². The van der Waals surface area contributed by atoms with Crippen LogP contribution in [-0.2, 0) is 0 Å². The SMILES string of the molecule is C=CNc1ccc(Oc2cccc(F)c2)cc1. The Kier molecular flexibility index (Phi) is 3.40. The molecule has 0 bridgehead atoms. The molecule has 86 valence electrons. The molecule has 0 aromatic heterocycles. The second-order valence-electron chi connectivity index (χ2n) is 3.43. The molecular formula is C14H12FNO. The van der Waals surface area contributed by atoms with Gasteiger partial charge in [-0.1, -0.05) is 12.6 Å². The highest BCUT2D eigenvalue weighted by atomic mass is 19.1. The fraction of sp³-hybridized carbons (Fsp3) is 0. The lowest BCUT2D eigenvalue weighted by Crippen LogP contribution is -1.87. The van der Waals surface area contributed by atoms with Gasteiger partial charge in [0.1, 0.15) is 17.3 Å². The van der Waals surface area contributed by atoms with Gasteiger partial charge in [0, 0.05) is 11.8 Å². The number of nitrogens with one attached hydrogen (secondary N) is 1. The highest BCUT2D eigenvalue weighted by Gasteiger charge is 1.98. The first kappa shape index (κ1) is 11.2. The molecule has 0 saturated heterocycles. The van der Waals surface area contributed by atoms with Crippen molar-refractivity contribution in [3.63, 3.8) is 0 Å². The van der Waals surface area contributed by atoms with Crippen LogP contribution in [-0.4, -0.2) is 0 Å². The molecule has 2 rings (SSSR count). The highest BCUT2D eigenvalue weighted by Crippen LogP contribution is 2.23. The molecule has 0 radical (unpaired) electrons. The summed E-state index contributed by atoms with van der Waals surface area (Å²) in [4.78, 5) is 0. The first-order chi connectivity index (χ1) is 8.28. The van der Waals surface area contributed by atoms with E-state index in [0.717, 1.165) is 5.69 Å². The molecule has 3 heteroatoms. The third-order valence-corrected chi connectivity index (χ3v) is 2.15. The summed E-state index contributed by atoms with van der Waals surface area (Å²) in [5.41, 5.74) is 0.923. The van der Waals surface area contributed by atoms with Gasteiger partial charge in [-0.05, 0) is 42.6 Å². The van der Waals surface area contributed by atoms with Gasteiger partial charge >= 0.3 is 0 Å². The van der Waals surface area contributed by atoms with Crippen molar-refractivity contribution < 1.29 is 9.13 Å². The summed E-state index contributed by atoms with van der Waals surface area (Å²) < 4.78 is 18.4. The molecule has 2 nitrogen and oxygen atoms in total. The molecule has 0 amide bonds. The predicted octanol–water partition coefficient (Wildman–Crippen LogP) is 4.17. The first-order valence-corrected chi connectivity index (χ1v) is 5.19. The van der Waals surface area contributed by atoms with Gasteiger partial charge in [0.2, 0.25) is 0 Å². The molecule has 0 fully saturated rings. The van der Waals surface area contributed by atoms with Crippen LogP contribution in [0.1, 0.15) is 0 Å². The van der Waals surface area contributed by atoms with Crippen LogP contribution >= 0.6 is 0 Å². The molecule has 0 aliphatic rings. The third-order valence-electron chi connectivity index (χ3n) is 2.15. The average molecular weight is 229 g/mol. The Morgan fingerprint density at radius 3 is 2.47 bits per heavy atom. The van der Waals surface area contributed by atoms with E-state index in [0.29, 0.717) is 11.5 Å². The van der Waals surface area contributed by atoms with Crippen molar-refractivity contribution in [2.24, 2.45) is 0 Å². The second-order valence-corrected chi connectivity index (χ2v) is 3.43. The molecule has 17 heavy (non-hydrogen) atoms. The maximum atomic E-state index is 12.9. The first-order valence-electron chi connectivity index (χ1n) is 5.19. The van der Waals surface area contributed by atoms with E-state index in [1.54, 1.807) is 30.5 Å². The van der Waals surface area contributed by atoms with E-state index in [9.17, 15) is 4.39 Å². The van der Waals surface area contributed by atoms with Crippen LogP contribution in [0, 0.1) is 5.82 Å². The number of benzene rings is 2. The van der Waals surface area contributed by atoms with Crippen molar-refractivity contribution in [1.82, 2.24) is 0 Å². The van der Waals surface area contributed by atoms with Gasteiger partial charge in [-0.2, -0.15) is 0 Å². The molecule has 0 unspecified atom stereocenters. The van der Waals surface area contributed by atoms with E-state index in [2.05, 4.69) is 11.9 Å². The van der Waals surface area contributed by atoms with Crippen molar-refractivity contribution in [1.29, 1.82) is 0 Å². The lowest BCUT2D eigenvalue weighted by atomic mass is 10.3. The van der Waals surface area contributed by atoms with Gasteiger partial charge in [-0.25, -0.2) is 4.39 Å². The fourth-order valence-electron chi connectivity index (χ4n) is 1.40. The van der Waals surface area contributed by atoms with E-state index in [1.165, 1.54) is 12.1 Å². The molecule has 0 spiro atoms. The molecule has 0 heterocycles. The Balaban J connectivity index is 2.11. The van der Waals surface area contributed by atoms with Crippen molar-refractivity contribution in [2.75, 3.05) is 5.32 Å². The maximum absolute atomic E-state index is 12.9. The van der Waals surface area contributed by atoms with E-state index >= 15 is 0 Å². The number of rotatable bonds is 4. The Morgan fingerprint density at radius 2 is 1.82 bits per heavy atom. The van der Waals surface area contributed by atoms with Gasteiger partial charge in [-0.3, -0.25) is 0 Å². The number of halogens is 1. The molecule has 1 N–H and O–H groups in total. The Labute approximate surface area is 99.4 Å². The summed E-state index contributed by atoms with van der Waals surface area (Å²) in [5.74, 6) is 0.826. The zero-order valence-corrected chi connectivity index (χ0v) is 9.19. The monoisotopic (exact) mass is 229 g/mol. The molecular weight excluding hydrogens is 217 g/mol. The van der Waals surface area contributed by atoms with Crippen molar-refractivity contribution in [2.45, 2.75) is 0 Å². The van der Waals surface area contributed by atoms with Gasteiger partial charge < -0.3 is 10.1 Å². The lowest BCUT2D eigenvalue weighted by molar-refractivity contribution is 0.477. The lowest BCUT2D eigenvalue weighted by Gasteiger charge is -2.06. The number of hydrogen-bond donors (Lipinski definition) is 1. The minimum Gasteiger partial charge on any atom is -0.457 e. The Bertz CT molecular complexity index is 508. The minimum absolute atomic E-state index is 0.313. The smallest absolute Gasteiger partial charge is 0.130 e. The molecule has 0 saturated carbocycles. The number of hydrogen-bond acceptors (Lipinski definition) is 2. The molecule has 2 aromatic rings. The Morgan fingerprint density at radius 1 is 1.06 bits per heavy atom. The summed E-state index contributed by atoms with van der Waals surface area (Å²) in [6.45, 7) is 3.57. The van der Waals surface area contributed by atoms with Gasteiger partial charge in [-0.15, -0.1) is 0 Å². The minimum atomic E-state index is -0.313. The second kappa shape index (κ2) is 5.16. The molecule has 0 aliphatic heterocycles. The highest BCUT2D eigenvalue weighted by molar-refractivity contribution is 5.48. The van der Waals surface area contributed by atoms with Gasteiger partial charge in [0.05, 0.1) is 0 Å². The van der Waals surface area contributed by atoms with Crippen LogP contribution in [0.15, 0.2) is 61.3 Å². The average Bonchev–Trinajstić information content (AvgIpc) is 2.32. The summed E-state index contributed by atoms with van der Waals surface area (Å²) in [6.07, 6.45) is 1.60. The van der Waals surface area contributed by atoms with E-state index in [1.807, 2.05) is 12.1 Å². The quantitative estimate of drug-likeness (QED) is 0.849. The van der Waals surface area contributed by atoms with Crippen molar-refractivity contribution >= 4 is 5.69 Å². The van der Waals surface area contributed by atoms with Crippen molar-refractivity contribution in [3.8, 4) is 11.5 Å².